The summed E-state index contributed by atoms with van der Waals surface area (Å²) in [6.07, 6.45) is 1.82. The Balaban J connectivity index is 2.38. The monoisotopic (exact) mass is 358 g/mol. The zero-order valence-electron chi connectivity index (χ0n) is 14.6. The third-order valence-electron chi connectivity index (χ3n) is 4.26. The number of rotatable bonds is 10. The Hall–Kier alpha value is -2.00. The molecule has 2 amide bonds. The number of nitrogens with one attached hydrogen (secondary N) is 1. The highest BCUT2D eigenvalue weighted by Crippen LogP contribution is 2.21. The number of nitrogens with zero attached hydrogens (tertiary/aromatic N) is 1. The second-order valence-electron chi connectivity index (χ2n) is 6.32. The summed E-state index contributed by atoms with van der Waals surface area (Å²) < 4.78 is 5.63. The third-order valence-corrected chi connectivity index (χ3v) is 4.26. The topological polar surface area (TPSA) is 133 Å². The van der Waals surface area contributed by atoms with Crippen LogP contribution in [0.5, 0.6) is 0 Å². The molecule has 3 atom stereocenters. The van der Waals surface area contributed by atoms with Crippen LogP contribution in [0, 0.1) is 0 Å². The lowest BCUT2D eigenvalue weighted by molar-refractivity contribution is -0.147. The SMILES string of the molecule is CC(=O)NC(C=O)(CO)CCCCOC1CC(C(=O)O)N(C(C)=O)C1. The molecule has 25 heavy (non-hydrogen) atoms. The summed E-state index contributed by atoms with van der Waals surface area (Å²) in [6.45, 7) is 2.70. The standard InChI is InChI=1S/C16H26N2O7/c1-11(21)17-16(9-19,10-20)5-3-4-6-25-13-7-14(15(23)24)18(8-13)12(2)22/h9,13-14,20H,3-8,10H2,1-2H3,(H,17,21)(H,23,24). The fourth-order valence-electron chi connectivity index (χ4n) is 2.95. The van der Waals surface area contributed by atoms with Crippen molar-refractivity contribution in [1.82, 2.24) is 10.2 Å². The molecular formula is C16H26N2O7. The van der Waals surface area contributed by atoms with Crippen molar-refractivity contribution in [3.05, 3.63) is 0 Å². The number of ether oxygens (including phenoxy) is 1. The molecule has 3 unspecified atom stereocenters. The van der Waals surface area contributed by atoms with Gasteiger partial charge in [0.05, 0.1) is 12.7 Å². The minimum absolute atomic E-state index is 0.243. The summed E-state index contributed by atoms with van der Waals surface area (Å²) in [4.78, 5) is 46.2. The van der Waals surface area contributed by atoms with Crippen LogP contribution >= 0.6 is 0 Å². The molecule has 1 saturated heterocycles. The van der Waals surface area contributed by atoms with Gasteiger partial charge in [-0.05, 0) is 19.3 Å². The minimum Gasteiger partial charge on any atom is -0.480 e. The second-order valence-corrected chi connectivity index (χ2v) is 6.32. The van der Waals surface area contributed by atoms with Gasteiger partial charge in [-0.2, -0.15) is 0 Å². The molecular weight excluding hydrogens is 332 g/mol. The van der Waals surface area contributed by atoms with Crippen LogP contribution in [0.2, 0.25) is 0 Å². The number of carbonyl (C=O) groups excluding carboxylic acids is 3. The average Bonchev–Trinajstić information content (AvgIpc) is 2.98. The molecule has 1 aliphatic rings. The van der Waals surface area contributed by atoms with E-state index in [-0.39, 0.29) is 31.4 Å². The van der Waals surface area contributed by atoms with Crippen LogP contribution < -0.4 is 5.32 Å². The molecule has 0 spiro atoms. The van der Waals surface area contributed by atoms with Gasteiger partial charge in [0.1, 0.15) is 17.9 Å². The number of aliphatic carboxylic acids is 1. The van der Waals surface area contributed by atoms with Gasteiger partial charge in [-0.25, -0.2) is 4.79 Å². The quantitative estimate of drug-likeness (QED) is 0.348. The summed E-state index contributed by atoms with van der Waals surface area (Å²) in [7, 11) is 0. The Kier molecular flexibility index (Phi) is 7.98. The molecule has 3 N–H and O–H groups in total. The second kappa shape index (κ2) is 9.47. The first kappa shape index (κ1) is 21.0. The van der Waals surface area contributed by atoms with Crippen molar-refractivity contribution in [3.8, 4) is 0 Å². The maximum atomic E-state index is 11.5. The van der Waals surface area contributed by atoms with Gasteiger partial charge in [-0.15, -0.1) is 0 Å². The summed E-state index contributed by atoms with van der Waals surface area (Å²) in [6, 6.07) is -0.862. The van der Waals surface area contributed by atoms with Crippen LogP contribution in [0.3, 0.4) is 0 Å². The summed E-state index contributed by atoms with van der Waals surface area (Å²) >= 11 is 0. The number of unbranched alkanes of at least 4 members (excludes halogenated alkanes) is 1. The fourth-order valence-corrected chi connectivity index (χ4v) is 2.95. The number of aliphatic hydroxyl groups excluding tert-OH is 1. The van der Waals surface area contributed by atoms with Crippen LogP contribution in [-0.2, 0) is 23.9 Å². The maximum absolute atomic E-state index is 11.5. The highest BCUT2D eigenvalue weighted by Gasteiger charge is 2.38. The van der Waals surface area contributed by atoms with Crippen molar-refractivity contribution in [3.63, 3.8) is 0 Å². The smallest absolute Gasteiger partial charge is 0.326 e. The molecule has 1 heterocycles. The number of carboxylic acids is 1. The van der Waals surface area contributed by atoms with Crippen LogP contribution in [0.4, 0.5) is 0 Å². The molecule has 0 aromatic heterocycles. The Labute approximate surface area is 146 Å². The molecule has 0 aromatic carbocycles. The van der Waals surface area contributed by atoms with Gasteiger partial charge in [0.2, 0.25) is 11.8 Å². The van der Waals surface area contributed by atoms with Crippen LogP contribution in [0.15, 0.2) is 0 Å². The van der Waals surface area contributed by atoms with Crippen LogP contribution in [0.25, 0.3) is 0 Å². The molecule has 142 valence electrons. The molecule has 0 radical (unpaired) electrons. The number of hydrogen-bond donors (Lipinski definition) is 3. The van der Waals surface area contributed by atoms with E-state index in [9.17, 15) is 24.3 Å². The molecule has 0 aliphatic carbocycles. The Morgan fingerprint density at radius 3 is 2.44 bits per heavy atom. The number of amides is 2. The fraction of sp³-hybridized carbons (Fsp3) is 0.750. The van der Waals surface area contributed by atoms with Crippen LogP contribution in [0.1, 0.15) is 39.5 Å². The average molecular weight is 358 g/mol. The van der Waals surface area contributed by atoms with E-state index in [0.717, 1.165) is 0 Å². The maximum Gasteiger partial charge on any atom is 0.326 e. The predicted molar refractivity (Wildman–Crippen MR) is 86.7 cm³/mol. The van der Waals surface area contributed by atoms with E-state index in [2.05, 4.69) is 5.32 Å². The van der Waals surface area contributed by atoms with Crippen molar-refractivity contribution in [2.75, 3.05) is 19.8 Å². The highest BCUT2D eigenvalue weighted by atomic mass is 16.5. The molecule has 0 aromatic rings. The number of aldehydes is 1. The third kappa shape index (κ3) is 6.09. The highest BCUT2D eigenvalue weighted by molar-refractivity contribution is 5.83. The first-order valence-electron chi connectivity index (χ1n) is 8.22. The Bertz CT molecular complexity index is 489. The van der Waals surface area contributed by atoms with Gasteiger partial charge in [-0.1, -0.05) is 0 Å². The van der Waals surface area contributed by atoms with Crippen molar-refractivity contribution < 1.29 is 34.1 Å². The Morgan fingerprint density at radius 1 is 1.32 bits per heavy atom. The lowest BCUT2D eigenvalue weighted by Gasteiger charge is -2.26. The lowest BCUT2D eigenvalue weighted by Crippen LogP contribution is -2.52. The van der Waals surface area contributed by atoms with E-state index in [1.807, 2.05) is 0 Å². The van der Waals surface area contributed by atoms with Crippen molar-refractivity contribution in [2.24, 2.45) is 0 Å². The van der Waals surface area contributed by atoms with Gasteiger partial charge >= 0.3 is 5.97 Å². The predicted octanol–water partition coefficient (Wildman–Crippen LogP) is -0.687. The van der Waals surface area contributed by atoms with Crippen molar-refractivity contribution in [1.29, 1.82) is 0 Å². The molecule has 9 nitrogen and oxygen atoms in total. The molecule has 1 rings (SSSR count). The molecule has 0 saturated carbocycles. The van der Waals surface area contributed by atoms with Gasteiger partial charge in [-0.3, -0.25) is 9.59 Å². The molecule has 1 fully saturated rings. The number of carboxylic acid groups (broad SMARTS) is 1. The van der Waals surface area contributed by atoms with E-state index >= 15 is 0 Å². The normalized spacial score (nSPS) is 22.3. The zero-order chi connectivity index (χ0) is 19.0. The molecule has 0 bridgehead atoms. The number of aliphatic hydroxyl groups is 1. The molecule has 9 heteroatoms. The zero-order valence-corrected chi connectivity index (χ0v) is 14.6. The first-order valence-corrected chi connectivity index (χ1v) is 8.22. The summed E-state index contributed by atoms with van der Waals surface area (Å²) in [5.41, 5.74) is -1.28. The lowest BCUT2D eigenvalue weighted by atomic mass is 9.95. The largest absolute Gasteiger partial charge is 0.480 e. The van der Waals surface area contributed by atoms with E-state index in [1.54, 1.807) is 0 Å². The number of hydrogen-bond acceptors (Lipinski definition) is 6. The summed E-state index contributed by atoms with van der Waals surface area (Å²) in [5.74, 6) is -1.74. The first-order chi connectivity index (χ1) is 11.7. The van der Waals surface area contributed by atoms with Gasteiger partial charge < -0.3 is 30.0 Å². The number of likely N-dealkylation sites (tertiary alicyclic amines) is 1. The van der Waals surface area contributed by atoms with E-state index in [4.69, 9.17) is 9.84 Å². The molecule has 1 aliphatic heterocycles. The van der Waals surface area contributed by atoms with Crippen molar-refractivity contribution in [2.45, 2.75) is 57.2 Å². The number of carbonyl (C=O) groups is 4. The van der Waals surface area contributed by atoms with E-state index in [0.29, 0.717) is 25.7 Å². The van der Waals surface area contributed by atoms with Crippen LogP contribution in [-0.4, -0.2) is 76.6 Å². The van der Waals surface area contributed by atoms with Gasteiger partial charge in [0.25, 0.3) is 0 Å². The van der Waals surface area contributed by atoms with Crippen molar-refractivity contribution >= 4 is 24.1 Å². The Morgan fingerprint density at radius 2 is 2.00 bits per heavy atom. The summed E-state index contributed by atoms with van der Waals surface area (Å²) in [5, 5.41) is 20.9. The van der Waals surface area contributed by atoms with Gasteiger partial charge in [0, 0.05) is 33.4 Å². The van der Waals surface area contributed by atoms with Gasteiger partial charge in [0.15, 0.2) is 0 Å². The van der Waals surface area contributed by atoms with E-state index in [1.165, 1.54) is 18.7 Å². The van der Waals surface area contributed by atoms with E-state index < -0.39 is 30.1 Å². The minimum atomic E-state index is -1.28.